The summed E-state index contributed by atoms with van der Waals surface area (Å²) in [5, 5.41) is 16.3. The van der Waals surface area contributed by atoms with Crippen LogP contribution in [0.25, 0.3) is 0 Å². The van der Waals surface area contributed by atoms with Crippen molar-refractivity contribution in [1.82, 2.24) is 4.90 Å². The van der Waals surface area contributed by atoms with Crippen molar-refractivity contribution in [2.75, 3.05) is 26.3 Å². The van der Waals surface area contributed by atoms with Gasteiger partial charge in [-0.2, -0.15) is 13.2 Å². The molecule has 2 unspecified atom stereocenters. The molecule has 0 aliphatic carbocycles. The average molecular weight is 583 g/mol. The summed E-state index contributed by atoms with van der Waals surface area (Å²) in [6.45, 7) is 12.1. The normalized spacial score (nSPS) is 23.7. The molecule has 7 nitrogen and oxygen atoms in total. The zero-order valence-electron chi connectivity index (χ0n) is 22.2. The van der Waals surface area contributed by atoms with Gasteiger partial charge in [-0.3, -0.25) is 10.0 Å². The van der Waals surface area contributed by atoms with E-state index in [1.165, 1.54) is 12.1 Å². The summed E-state index contributed by atoms with van der Waals surface area (Å²) >= 11 is 6.15. The maximum atomic E-state index is 13.6. The van der Waals surface area contributed by atoms with Crippen LogP contribution in [0.2, 0.25) is 5.02 Å². The number of alkyl halides is 3. The highest BCUT2D eigenvalue weighted by Crippen LogP contribution is 2.47. The van der Waals surface area contributed by atoms with Crippen molar-refractivity contribution in [3.05, 3.63) is 40.9 Å². The van der Waals surface area contributed by atoms with Gasteiger partial charge in [0, 0.05) is 13.1 Å². The lowest BCUT2D eigenvalue weighted by atomic mass is 9.75. The predicted octanol–water partition coefficient (Wildman–Crippen LogP) is 4.98. The number of aliphatic hydroxyl groups excluding tert-OH is 1. The first-order valence-corrected chi connectivity index (χ1v) is 14.2. The predicted molar refractivity (Wildman–Crippen MR) is 141 cm³/mol. The van der Waals surface area contributed by atoms with E-state index in [1.807, 2.05) is 4.90 Å². The standard InChI is InChI=1S/C26H38ClF3N2O5S/c1-6-11-35-21-13-19(26(28,29)30)20(27)12-17(21)18(14-24(2,3)38(31)34)16-7-9-32(10-8-16)23(33)22-15-36-25(4,5)37-22/h6,12-13,16,18,22-23,33H,1,7-11,14-15,31H2,2-5H3/t18-,22-,23?,38?/m1/s1. The van der Waals surface area contributed by atoms with E-state index < -0.39 is 50.6 Å². The first kappa shape index (κ1) is 31.3. The van der Waals surface area contributed by atoms with E-state index in [9.17, 15) is 22.5 Å². The molecule has 0 bridgehead atoms. The third-order valence-corrected chi connectivity index (χ3v) is 8.87. The van der Waals surface area contributed by atoms with Crippen LogP contribution in [0.1, 0.15) is 64.0 Å². The van der Waals surface area contributed by atoms with E-state index in [1.54, 1.807) is 27.7 Å². The molecule has 4 atom stereocenters. The first-order valence-electron chi connectivity index (χ1n) is 12.6. The minimum atomic E-state index is -4.66. The zero-order chi connectivity index (χ0) is 28.5. The Kier molecular flexibility index (Phi) is 9.99. The number of hydrogen-bond donors (Lipinski definition) is 2. The van der Waals surface area contributed by atoms with E-state index in [0.717, 1.165) is 6.07 Å². The number of piperidine rings is 1. The van der Waals surface area contributed by atoms with Gasteiger partial charge in [-0.1, -0.05) is 24.3 Å². The van der Waals surface area contributed by atoms with Crippen LogP contribution in [-0.4, -0.2) is 63.4 Å². The summed E-state index contributed by atoms with van der Waals surface area (Å²) in [7, 11) is -1.68. The number of ether oxygens (including phenoxy) is 3. The minimum absolute atomic E-state index is 0.00923. The fourth-order valence-electron chi connectivity index (χ4n) is 5.18. The average Bonchev–Trinajstić information content (AvgIpc) is 3.20. The van der Waals surface area contributed by atoms with Crippen molar-refractivity contribution in [3.63, 3.8) is 0 Å². The molecular formula is C26H38ClF3N2O5S. The Morgan fingerprint density at radius 3 is 2.47 bits per heavy atom. The molecule has 1 aromatic rings. The van der Waals surface area contributed by atoms with E-state index in [0.29, 0.717) is 37.9 Å². The molecule has 3 rings (SSSR count). The Morgan fingerprint density at radius 2 is 1.97 bits per heavy atom. The van der Waals surface area contributed by atoms with Gasteiger partial charge in [0.2, 0.25) is 0 Å². The van der Waals surface area contributed by atoms with Gasteiger partial charge in [-0.15, -0.1) is 0 Å². The fraction of sp³-hybridized carbons (Fsp3) is 0.692. The van der Waals surface area contributed by atoms with Crippen LogP contribution in [0.4, 0.5) is 13.2 Å². The molecule has 38 heavy (non-hydrogen) atoms. The van der Waals surface area contributed by atoms with Crippen LogP contribution in [0, 0.1) is 5.92 Å². The molecule has 0 radical (unpaired) electrons. The van der Waals surface area contributed by atoms with Crippen molar-refractivity contribution < 1.29 is 36.7 Å². The van der Waals surface area contributed by atoms with Crippen LogP contribution in [0.15, 0.2) is 24.8 Å². The van der Waals surface area contributed by atoms with E-state index >= 15 is 0 Å². The fourth-order valence-corrected chi connectivity index (χ4v) is 5.80. The molecule has 12 heteroatoms. The second kappa shape index (κ2) is 12.1. The van der Waals surface area contributed by atoms with Crippen LogP contribution in [0.3, 0.4) is 0 Å². The highest BCUT2D eigenvalue weighted by Gasteiger charge is 2.42. The Bertz CT molecular complexity index is 1020. The van der Waals surface area contributed by atoms with Gasteiger partial charge in [-0.25, -0.2) is 4.21 Å². The number of rotatable bonds is 10. The van der Waals surface area contributed by atoms with Gasteiger partial charge >= 0.3 is 6.18 Å². The summed E-state index contributed by atoms with van der Waals surface area (Å²) < 4.78 is 69.6. The molecule has 2 saturated heterocycles. The molecule has 1 aromatic carbocycles. The third kappa shape index (κ3) is 7.50. The Labute approximate surface area is 230 Å². The summed E-state index contributed by atoms with van der Waals surface area (Å²) in [4.78, 5) is 1.92. The van der Waals surface area contributed by atoms with E-state index in [-0.39, 0.29) is 30.8 Å². The Morgan fingerprint density at radius 1 is 1.34 bits per heavy atom. The van der Waals surface area contributed by atoms with Gasteiger partial charge < -0.3 is 19.3 Å². The summed E-state index contributed by atoms with van der Waals surface area (Å²) in [6, 6.07) is 2.24. The summed E-state index contributed by atoms with van der Waals surface area (Å²) in [6.07, 6.45) is -2.94. The number of nitrogens with two attached hydrogens (primary N) is 1. The van der Waals surface area contributed by atoms with Gasteiger partial charge in [0.15, 0.2) is 5.79 Å². The maximum absolute atomic E-state index is 13.6. The number of likely N-dealkylation sites (tertiary alicyclic amines) is 1. The van der Waals surface area contributed by atoms with Crippen molar-refractivity contribution in [3.8, 4) is 5.75 Å². The molecule has 3 N–H and O–H groups in total. The number of benzene rings is 1. The second-order valence-corrected chi connectivity index (χ2v) is 13.1. The smallest absolute Gasteiger partial charge is 0.417 e. The summed E-state index contributed by atoms with van der Waals surface area (Å²) in [5.41, 5.74) is -0.473. The summed E-state index contributed by atoms with van der Waals surface area (Å²) in [5.74, 6) is -1.06. The number of hydrogen-bond acceptors (Lipinski definition) is 6. The first-order chi connectivity index (χ1) is 17.6. The van der Waals surface area contributed by atoms with E-state index in [4.69, 9.17) is 31.0 Å². The SMILES string of the molecule is C=CCOc1cc(C(F)(F)F)c(Cl)cc1[C@H](CC(C)(C)S(N)=O)C1CCN(C(O)[C@H]2COC(C)(C)O2)CC1. The van der Waals surface area contributed by atoms with Crippen molar-refractivity contribution in [1.29, 1.82) is 0 Å². The Hall–Kier alpha value is -1.21. The molecule has 0 saturated carbocycles. The maximum Gasteiger partial charge on any atom is 0.417 e. The van der Waals surface area contributed by atoms with Crippen molar-refractivity contribution in [2.45, 2.75) is 81.9 Å². The molecule has 2 aliphatic rings. The molecule has 0 amide bonds. The molecule has 2 heterocycles. The minimum Gasteiger partial charge on any atom is -0.489 e. The van der Waals surface area contributed by atoms with Crippen molar-refractivity contribution >= 4 is 22.6 Å². The largest absolute Gasteiger partial charge is 0.489 e. The van der Waals surface area contributed by atoms with Crippen LogP contribution in [0.5, 0.6) is 5.75 Å². The zero-order valence-corrected chi connectivity index (χ0v) is 23.8. The molecule has 0 aromatic heterocycles. The van der Waals surface area contributed by atoms with E-state index in [2.05, 4.69) is 6.58 Å². The molecular weight excluding hydrogens is 545 g/mol. The molecule has 0 spiro atoms. The van der Waals surface area contributed by atoms with Gasteiger partial charge in [0.1, 0.15) is 24.7 Å². The highest BCUT2D eigenvalue weighted by atomic mass is 35.5. The second-order valence-electron chi connectivity index (χ2n) is 11.0. The monoisotopic (exact) mass is 582 g/mol. The topological polar surface area (TPSA) is 94.3 Å². The lowest BCUT2D eigenvalue weighted by molar-refractivity contribution is -0.170. The lowest BCUT2D eigenvalue weighted by Gasteiger charge is -2.41. The third-order valence-electron chi connectivity index (χ3n) is 7.30. The molecule has 216 valence electrons. The van der Waals surface area contributed by atoms with Gasteiger partial charge in [0.25, 0.3) is 0 Å². The van der Waals surface area contributed by atoms with Crippen LogP contribution >= 0.6 is 11.6 Å². The van der Waals surface area contributed by atoms with Crippen molar-refractivity contribution in [2.24, 2.45) is 11.1 Å². The molecule has 2 aliphatic heterocycles. The van der Waals surface area contributed by atoms with Gasteiger partial charge in [0.05, 0.1) is 32.9 Å². The number of aliphatic hydroxyl groups is 1. The lowest BCUT2D eigenvalue weighted by Crippen LogP contribution is -2.49. The quantitative estimate of drug-likeness (QED) is 0.378. The number of halogens is 4. The highest BCUT2D eigenvalue weighted by molar-refractivity contribution is 7.84. The number of nitrogens with zero attached hydrogens (tertiary/aromatic N) is 1. The Balaban J connectivity index is 1.91. The molecule has 2 fully saturated rings. The van der Waals surface area contributed by atoms with Gasteiger partial charge in [-0.05, 0) is 76.5 Å². The van der Waals surface area contributed by atoms with Crippen LogP contribution in [-0.2, 0) is 26.6 Å². The van der Waals surface area contributed by atoms with Crippen LogP contribution < -0.4 is 9.88 Å².